The summed E-state index contributed by atoms with van der Waals surface area (Å²) in [5, 5.41) is 0.567. The highest BCUT2D eigenvalue weighted by atomic mass is 16.1. The van der Waals surface area contributed by atoms with Crippen molar-refractivity contribution in [2.24, 2.45) is 0 Å². The van der Waals surface area contributed by atoms with Gasteiger partial charge in [-0.3, -0.25) is 14.8 Å². The van der Waals surface area contributed by atoms with E-state index in [9.17, 15) is 4.79 Å². The van der Waals surface area contributed by atoms with Gasteiger partial charge in [0, 0.05) is 48.2 Å². The SMILES string of the molecule is O=c1cc[nH]c2nc(-c3ccncc3)c(-c3ccncc3)cc12. The number of H-pyrrole nitrogens is 1. The third-order valence-electron chi connectivity index (χ3n) is 3.69. The monoisotopic (exact) mass is 300 g/mol. The molecular weight excluding hydrogens is 288 g/mol. The molecule has 0 aromatic carbocycles. The van der Waals surface area contributed by atoms with Gasteiger partial charge < -0.3 is 4.98 Å². The normalized spacial score (nSPS) is 10.8. The molecule has 5 heteroatoms. The molecule has 5 nitrogen and oxygen atoms in total. The van der Waals surface area contributed by atoms with E-state index in [1.807, 2.05) is 30.3 Å². The molecule has 0 aliphatic rings. The first-order valence-corrected chi connectivity index (χ1v) is 7.16. The topological polar surface area (TPSA) is 71.5 Å². The van der Waals surface area contributed by atoms with Crippen LogP contribution in [0.2, 0.25) is 0 Å². The Hall–Kier alpha value is -3.34. The minimum atomic E-state index is -0.0529. The van der Waals surface area contributed by atoms with Gasteiger partial charge in [0.25, 0.3) is 0 Å². The van der Waals surface area contributed by atoms with Crippen LogP contribution in [0, 0.1) is 0 Å². The van der Waals surface area contributed by atoms with Gasteiger partial charge in [0.15, 0.2) is 5.43 Å². The van der Waals surface area contributed by atoms with Crippen molar-refractivity contribution in [2.75, 3.05) is 0 Å². The molecule has 4 rings (SSSR count). The Morgan fingerprint density at radius 1 is 0.826 bits per heavy atom. The Kier molecular flexibility index (Phi) is 3.16. The van der Waals surface area contributed by atoms with Crippen molar-refractivity contribution in [3.05, 3.63) is 77.6 Å². The van der Waals surface area contributed by atoms with Crippen LogP contribution in [-0.2, 0) is 0 Å². The molecule has 4 aromatic heterocycles. The molecule has 0 aliphatic heterocycles. The number of nitrogens with one attached hydrogen (secondary N) is 1. The van der Waals surface area contributed by atoms with Crippen molar-refractivity contribution in [1.29, 1.82) is 0 Å². The van der Waals surface area contributed by atoms with Gasteiger partial charge >= 0.3 is 0 Å². The summed E-state index contributed by atoms with van der Waals surface area (Å²) in [7, 11) is 0. The van der Waals surface area contributed by atoms with Gasteiger partial charge in [-0.2, -0.15) is 0 Å². The van der Waals surface area contributed by atoms with E-state index in [1.165, 1.54) is 6.07 Å². The standard InChI is InChI=1S/C18H12N4O/c23-16-5-10-21-18-15(16)11-14(12-1-6-19-7-2-12)17(22-18)13-3-8-20-9-4-13/h1-11H,(H,21,22,23). The number of aromatic nitrogens is 4. The van der Waals surface area contributed by atoms with Crippen molar-refractivity contribution in [3.8, 4) is 22.4 Å². The zero-order valence-electron chi connectivity index (χ0n) is 12.1. The predicted octanol–water partition coefficient (Wildman–Crippen LogP) is 3.05. The molecule has 0 unspecified atom stereocenters. The van der Waals surface area contributed by atoms with E-state index in [2.05, 4.69) is 19.9 Å². The van der Waals surface area contributed by atoms with Gasteiger partial charge in [0.2, 0.25) is 0 Å². The molecule has 0 bridgehead atoms. The van der Waals surface area contributed by atoms with Crippen LogP contribution in [-0.4, -0.2) is 19.9 Å². The quantitative estimate of drug-likeness (QED) is 0.617. The maximum atomic E-state index is 12.1. The molecule has 4 aromatic rings. The summed E-state index contributed by atoms with van der Waals surface area (Å²) < 4.78 is 0. The highest BCUT2D eigenvalue weighted by molar-refractivity contribution is 5.89. The van der Waals surface area contributed by atoms with E-state index in [0.717, 1.165) is 22.4 Å². The highest BCUT2D eigenvalue weighted by Crippen LogP contribution is 2.31. The highest BCUT2D eigenvalue weighted by Gasteiger charge is 2.12. The maximum Gasteiger partial charge on any atom is 0.191 e. The number of fused-ring (bicyclic) bond motifs is 1. The lowest BCUT2D eigenvalue weighted by atomic mass is 9.99. The summed E-state index contributed by atoms with van der Waals surface area (Å²) >= 11 is 0. The Morgan fingerprint density at radius 2 is 1.48 bits per heavy atom. The van der Waals surface area contributed by atoms with E-state index < -0.39 is 0 Å². The van der Waals surface area contributed by atoms with Crippen molar-refractivity contribution in [3.63, 3.8) is 0 Å². The molecule has 0 amide bonds. The second-order valence-electron chi connectivity index (χ2n) is 5.09. The molecule has 0 fully saturated rings. The Balaban J connectivity index is 2.09. The van der Waals surface area contributed by atoms with Crippen molar-refractivity contribution in [1.82, 2.24) is 19.9 Å². The molecule has 23 heavy (non-hydrogen) atoms. The van der Waals surface area contributed by atoms with Crippen LogP contribution >= 0.6 is 0 Å². The molecule has 0 radical (unpaired) electrons. The largest absolute Gasteiger partial charge is 0.346 e. The fourth-order valence-electron chi connectivity index (χ4n) is 2.58. The summed E-state index contributed by atoms with van der Waals surface area (Å²) in [5.74, 6) is 0. The lowest BCUT2D eigenvalue weighted by Crippen LogP contribution is -2.03. The summed E-state index contributed by atoms with van der Waals surface area (Å²) in [6.07, 6.45) is 8.52. The second-order valence-corrected chi connectivity index (χ2v) is 5.09. The van der Waals surface area contributed by atoms with E-state index in [-0.39, 0.29) is 5.43 Å². The third kappa shape index (κ3) is 2.38. The first kappa shape index (κ1) is 13.3. The van der Waals surface area contributed by atoms with Crippen molar-refractivity contribution < 1.29 is 0 Å². The van der Waals surface area contributed by atoms with Crippen LogP contribution in [0.25, 0.3) is 33.4 Å². The van der Waals surface area contributed by atoms with Crippen LogP contribution in [0.5, 0.6) is 0 Å². The molecule has 110 valence electrons. The number of pyridine rings is 4. The lowest BCUT2D eigenvalue weighted by Gasteiger charge is -2.10. The second kappa shape index (κ2) is 5.46. The fourth-order valence-corrected chi connectivity index (χ4v) is 2.58. The predicted molar refractivity (Wildman–Crippen MR) is 88.8 cm³/mol. The van der Waals surface area contributed by atoms with E-state index >= 15 is 0 Å². The average molecular weight is 300 g/mol. The van der Waals surface area contributed by atoms with Crippen LogP contribution in [0.1, 0.15) is 0 Å². The molecule has 0 aliphatic carbocycles. The van der Waals surface area contributed by atoms with Gasteiger partial charge in [-0.1, -0.05) is 0 Å². The molecule has 0 atom stereocenters. The molecule has 4 heterocycles. The Morgan fingerprint density at radius 3 is 2.17 bits per heavy atom. The van der Waals surface area contributed by atoms with Crippen LogP contribution < -0.4 is 5.43 Å². The number of hydrogen-bond donors (Lipinski definition) is 1. The van der Waals surface area contributed by atoms with Gasteiger partial charge in [-0.15, -0.1) is 0 Å². The summed E-state index contributed by atoms with van der Waals surface area (Å²) in [4.78, 5) is 28.0. The van der Waals surface area contributed by atoms with Crippen molar-refractivity contribution >= 4 is 11.0 Å². The van der Waals surface area contributed by atoms with Crippen LogP contribution in [0.4, 0.5) is 0 Å². The minimum absolute atomic E-state index is 0.0529. The average Bonchev–Trinajstić information content (AvgIpc) is 2.63. The summed E-state index contributed by atoms with van der Waals surface area (Å²) in [5.41, 5.74) is 4.11. The van der Waals surface area contributed by atoms with Gasteiger partial charge in [0.05, 0.1) is 11.1 Å². The summed E-state index contributed by atoms with van der Waals surface area (Å²) in [6, 6.07) is 11.0. The Bertz CT molecular complexity index is 1030. The molecule has 0 saturated heterocycles. The third-order valence-corrected chi connectivity index (χ3v) is 3.69. The molecule has 1 N–H and O–H groups in total. The smallest absolute Gasteiger partial charge is 0.191 e. The van der Waals surface area contributed by atoms with E-state index in [4.69, 9.17) is 0 Å². The Labute approximate surface area is 131 Å². The zero-order chi connectivity index (χ0) is 15.6. The van der Waals surface area contributed by atoms with Crippen LogP contribution in [0.3, 0.4) is 0 Å². The number of nitrogens with zero attached hydrogens (tertiary/aromatic N) is 3. The summed E-state index contributed by atoms with van der Waals surface area (Å²) in [6.45, 7) is 0. The van der Waals surface area contributed by atoms with Crippen LogP contribution in [0.15, 0.2) is 72.2 Å². The zero-order valence-corrected chi connectivity index (χ0v) is 12.1. The fraction of sp³-hybridized carbons (Fsp3) is 0. The van der Waals surface area contributed by atoms with Gasteiger partial charge in [0.1, 0.15) is 5.65 Å². The maximum absolute atomic E-state index is 12.1. The van der Waals surface area contributed by atoms with E-state index in [1.54, 1.807) is 31.0 Å². The molecule has 0 spiro atoms. The van der Waals surface area contributed by atoms with Gasteiger partial charge in [-0.05, 0) is 35.9 Å². The first-order chi connectivity index (χ1) is 11.3. The molecular formula is C18H12N4O. The molecule has 0 saturated carbocycles. The lowest BCUT2D eigenvalue weighted by molar-refractivity contribution is 1.26. The minimum Gasteiger partial charge on any atom is -0.346 e. The van der Waals surface area contributed by atoms with Gasteiger partial charge in [-0.25, -0.2) is 4.98 Å². The number of hydrogen-bond acceptors (Lipinski definition) is 4. The van der Waals surface area contributed by atoms with E-state index in [0.29, 0.717) is 11.0 Å². The number of rotatable bonds is 2. The number of aromatic amines is 1. The van der Waals surface area contributed by atoms with Crippen molar-refractivity contribution in [2.45, 2.75) is 0 Å². The first-order valence-electron chi connectivity index (χ1n) is 7.16.